The van der Waals surface area contributed by atoms with E-state index in [-0.39, 0.29) is 0 Å². The van der Waals surface area contributed by atoms with Gasteiger partial charge in [-0.2, -0.15) is 24.7 Å². The molecule has 1 aromatic carbocycles. The Morgan fingerprint density at radius 2 is 1.83 bits per heavy atom. The second-order valence-electron chi connectivity index (χ2n) is 5.42. The van der Waals surface area contributed by atoms with Crippen LogP contribution >= 0.6 is 11.6 Å². The van der Waals surface area contributed by atoms with Crippen LogP contribution in [0.1, 0.15) is 5.56 Å². The Hall–Kier alpha value is -3.06. The third-order valence-electron chi connectivity index (χ3n) is 3.97. The first-order valence-electron chi connectivity index (χ1n) is 7.34. The molecule has 0 fully saturated rings. The van der Waals surface area contributed by atoms with Gasteiger partial charge in [-0.25, -0.2) is 9.67 Å². The summed E-state index contributed by atoms with van der Waals surface area (Å²) in [7, 11) is 0. The summed E-state index contributed by atoms with van der Waals surface area (Å²) >= 11 is 6.27. The summed E-state index contributed by atoms with van der Waals surface area (Å²) in [5.74, 6) is 0.454. The largest absolute Gasteiger partial charge is 0.254 e. The van der Waals surface area contributed by atoms with Crippen LogP contribution in [0.2, 0.25) is 5.15 Å². The zero-order valence-electron chi connectivity index (χ0n) is 12.3. The number of pyridine rings is 1. The molecule has 4 heterocycles. The summed E-state index contributed by atoms with van der Waals surface area (Å²) in [6.45, 7) is 0.641. The zero-order chi connectivity index (χ0) is 16.1. The first-order chi connectivity index (χ1) is 11.8. The van der Waals surface area contributed by atoms with Crippen LogP contribution in [0.5, 0.6) is 0 Å². The van der Waals surface area contributed by atoms with E-state index in [1.807, 2.05) is 22.9 Å². The summed E-state index contributed by atoms with van der Waals surface area (Å²) in [5.41, 5.74) is 2.74. The smallest absolute Gasteiger partial charge is 0.243 e. The molecule has 0 N–H and O–H groups in total. The summed E-state index contributed by atoms with van der Waals surface area (Å²) in [5, 5.41) is 10.7. The molecule has 0 amide bonds. The Kier molecular flexibility index (Phi) is 2.77. The van der Waals surface area contributed by atoms with Crippen LogP contribution in [0.15, 0.2) is 49.1 Å². The van der Waals surface area contributed by atoms with E-state index in [0.29, 0.717) is 17.5 Å². The Morgan fingerprint density at radius 3 is 2.71 bits per heavy atom. The Bertz CT molecular complexity index is 1190. The number of nitrogens with zero attached hydrogens (tertiary/aromatic N) is 7. The van der Waals surface area contributed by atoms with Gasteiger partial charge in [0.25, 0.3) is 5.78 Å². The van der Waals surface area contributed by atoms with Crippen molar-refractivity contribution in [2.45, 2.75) is 6.54 Å². The van der Waals surface area contributed by atoms with Gasteiger partial charge in [0.05, 0.1) is 29.0 Å². The molecule has 24 heavy (non-hydrogen) atoms. The van der Waals surface area contributed by atoms with Crippen molar-refractivity contribution < 1.29 is 0 Å². The lowest BCUT2D eigenvalue weighted by Gasteiger charge is -2.05. The van der Waals surface area contributed by atoms with E-state index in [9.17, 15) is 0 Å². The fourth-order valence-corrected chi connectivity index (χ4v) is 3.10. The minimum atomic E-state index is 0.357. The van der Waals surface area contributed by atoms with E-state index in [1.165, 1.54) is 6.33 Å². The number of fused-ring (bicyclic) bond motifs is 5. The van der Waals surface area contributed by atoms with Gasteiger partial charge in [-0.15, -0.1) is 0 Å². The first kappa shape index (κ1) is 13.4. The van der Waals surface area contributed by atoms with Crippen molar-refractivity contribution in [3.63, 3.8) is 0 Å². The Labute approximate surface area is 140 Å². The van der Waals surface area contributed by atoms with Crippen LogP contribution in [0.3, 0.4) is 0 Å². The van der Waals surface area contributed by atoms with Gasteiger partial charge in [-0.1, -0.05) is 41.9 Å². The lowest BCUT2D eigenvalue weighted by Crippen LogP contribution is -2.03. The Balaban J connectivity index is 1.80. The molecular formula is C16H10ClN7. The second kappa shape index (κ2) is 4.97. The van der Waals surface area contributed by atoms with Crippen LogP contribution in [0.25, 0.3) is 27.7 Å². The highest BCUT2D eigenvalue weighted by atomic mass is 35.5. The maximum Gasteiger partial charge on any atom is 0.254 e. The minimum Gasteiger partial charge on any atom is -0.243 e. The fourth-order valence-electron chi connectivity index (χ4n) is 2.88. The number of aromatic nitrogens is 7. The molecule has 0 bridgehead atoms. The van der Waals surface area contributed by atoms with Gasteiger partial charge in [0, 0.05) is 6.20 Å². The van der Waals surface area contributed by atoms with Crippen molar-refractivity contribution in [2.75, 3.05) is 0 Å². The highest BCUT2D eigenvalue weighted by molar-refractivity contribution is 6.35. The molecule has 0 aliphatic rings. The molecule has 0 atom stereocenters. The van der Waals surface area contributed by atoms with Crippen LogP contribution in [0.4, 0.5) is 0 Å². The lowest BCUT2D eigenvalue weighted by atomic mass is 10.2. The summed E-state index contributed by atoms with van der Waals surface area (Å²) < 4.78 is 3.53. The topological polar surface area (TPSA) is 73.8 Å². The molecular weight excluding hydrogens is 326 g/mol. The third kappa shape index (κ3) is 1.88. The predicted octanol–water partition coefficient (Wildman–Crippen LogP) is 2.72. The predicted molar refractivity (Wildman–Crippen MR) is 89.9 cm³/mol. The van der Waals surface area contributed by atoms with E-state index in [0.717, 1.165) is 27.5 Å². The van der Waals surface area contributed by atoms with Crippen molar-refractivity contribution >= 4 is 39.3 Å². The van der Waals surface area contributed by atoms with Crippen LogP contribution in [0, 0.1) is 0 Å². The second-order valence-corrected chi connectivity index (χ2v) is 5.78. The monoisotopic (exact) mass is 335 g/mol. The van der Waals surface area contributed by atoms with E-state index in [1.54, 1.807) is 16.9 Å². The van der Waals surface area contributed by atoms with Crippen LogP contribution in [-0.2, 0) is 6.54 Å². The third-order valence-corrected chi connectivity index (χ3v) is 4.26. The standard InChI is InChI=1S/C16H10ClN7/c17-14-11-6-18-15-12(13(11)24-16(22-14)19-9-21-24)7-20-23(15)8-10-4-2-1-3-5-10/h1-7,9H,8H2. The van der Waals surface area contributed by atoms with Crippen molar-refractivity contribution in [3.8, 4) is 0 Å². The average molecular weight is 336 g/mol. The van der Waals surface area contributed by atoms with E-state index < -0.39 is 0 Å². The molecule has 7 nitrogen and oxygen atoms in total. The maximum absolute atomic E-state index is 6.27. The van der Waals surface area contributed by atoms with Crippen molar-refractivity contribution in [1.82, 2.24) is 34.3 Å². The number of benzene rings is 1. The normalized spacial score (nSPS) is 11.7. The van der Waals surface area contributed by atoms with Gasteiger partial charge in [0.1, 0.15) is 11.5 Å². The first-order valence-corrected chi connectivity index (χ1v) is 7.72. The molecule has 116 valence electrons. The summed E-state index contributed by atoms with van der Waals surface area (Å²) in [4.78, 5) is 12.9. The molecule has 0 saturated carbocycles. The van der Waals surface area contributed by atoms with Gasteiger partial charge in [-0.3, -0.25) is 0 Å². The van der Waals surface area contributed by atoms with Crippen LogP contribution < -0.4 is 0 Å². The molecule has 0 aliphatic carbocycles. The molecule has 0 spiro atoms. The van der Waals surface area contributed by atoms with Gasteiger partial charge in [-0.05, 0) is 5.56 Å². The number of halogens is 1. The summed E-state index contributed by atoms with van der Waals surface area (Å²) in [6, 6.07) is 10.1. The van der Waals surface area contributed by atoms with Crippen molar-refractivity contribution in [1.29, 1.82) is 0 Å². The fraction of sp³-hybridized carbons (Fsp3) is 0.0625. The molecule has 8 heteroatoms. The lowest BCUT2D eigenvalue weighted by molar-refractivity contribution is 0.704. The molecule has 5 aromatic rings. The van der Waals surface area contributed by atoms with E-state index in [4.69, 9.17) is 11.6 Å². The quantitative estimate of drug-likeness (QED) is 0.464. The molecule has 0 radical (unpaired) electrons. The highest BCUT2D eigenvalue weighted by Gasteiger charge is 2.15. The van der Waals surface area contributed by atoms with Crippen LogP contribution in [-0.4, -0.2) is 34.3 Å². The number of hydrogen-bond donors (Lipinski definition) is 0. The van der Waals surface area contributed by atoms with E-state index in [2.05, 4.69) is 37.3 Å². The summed E-state index contributed by atoms with van der Waals surface area (Å²) in [6.07, 6.45) is 4.95. The van der Waals surface area contributed by atoms with Gasteiger partial charge in [0.2, 0.25) is 0 Å². The highest BCUT2D eigenvalue weighted by Crippen LogP contribution is 2.27. The number of rotatable bonds is 2. The van der Waals surface area contributed by atoms with Crippen molar-refractivity contribution in [2.24, 2.45) is 0 Å². The minimum absolute atomic E-state index is 0.357. The molecule has 0 saturated heterocycles. The molecule has 4 aromatic heterocycles. The average Bonchev–Trinajstić information content (AvgIpc) is 3.23. The van der Waals surface area contributed by atoms with Gasteiger partial charge < -0.3 is 0 Å². The van der Waals surface area contributed by atoms with Crippen molar-refractivity contribution in [3.05, 3.63) is 59.8 Å². The van der Waals surface area contributed by atoms with Gasteiger partial charge >= 0.3 is 0 Å². The maximum atomic E-state index is 6.27. The zero-order valence-corrected chi connectivity index (χ0v) is 13.1. The molecule has 0 aliphatic heterocycles. The molecule has 0 unspecified atom stereocenters. The Morgan fingerprint density at radius 1 is 0.958 bits per heavy atom. The number of hydrogen-bond acceptors (Lipinski definition) is 5. The van der Waals surface area contributed by atoms with Gasteiger partial charge in [0.15, 0.2) is 5.65 Å². The van der Waals surface area contributed by atoms with E-state index >= 15 is 0 Å². The SMILES string of the molecule is Clc1nc2ncnn2c2c1cnc1c2cnn1Cc1ccccc1. The molecule has 5 rings (SSSR count).